The zero-order valence-electron chi connectivity index (χ0n) is 17.1. The Hall–Kier alpha value is -3.07. The first-order valence-electron chi connectivity index (χ1n) is 9.85. The van der Waals surface area contributed by atoms with Crippen LogP contribution in [0, 0.1) is 0 Å². The van der Waals surface area contributed by atoms with Crippen molar-refractivity contribution in [3.8, 4) is 0 Å². The molecular weight excluding hydrogens is 469 g/mol. The van der Waals surface area contributed by atoms with E-state index in [1.807, 2.05) is 18.2 Å². The second-order valence-corrected chi connectivity index (χ2v) is 11.5. The minimum absolute atomic E-state index is 0.352. The topological polar surface area (TPSA) is 43.4 Å². The van der Waals surface area contributed by atoms with Gasteiger partial charge in [0.25, 0.3) is 0 Å². The molecule has 0 spiro atoms. The lowest BCUT2D eigenvalue weighted by molar-refractivity contribution is -0.137. The second-order valence-electron chi connectivity index (χ2n) is 7.04. The molecule has 0 aromatic heterocycles. The number of hydrogen-bond acceptors (Lipinski definition) is 3. The highest BCUT2D eigenvalue weighted by molar-refractivity contribution is 8.33. The highest BCUT2D eigenvalue weighted by Crippen LogP contribution is 2.70. The lowest BCUT2D eigenvalue weighted by atomic mass is 10.2. The molecule has 0 radical (unpaired) electrons. The van der Waals surface area contributed by atoms with E-state index in [-0.39, 0.29) is 4.90 Å². The largest absolute Gasteiger partial charge is 0.416 e. The minimum Gasteiger partial charge on any atom is -0.203 e. The van der Waals surface area contributed by atoms with Crippen LogP contribution in [-0.4, -0.2) is 8.42 Å². The summed E-state index contributed by atoms with van der Waals surface area (Å²) < 4.78 is 71.9. The summed E-state index contributed by atoms with van der Waals surface area (Å²) in [5.41, 5.74) is -0.936. The van der Waals surface area contributed by atoms with Crippen LogP contribution in [0.2, 0.25) is 0 Å². The third-order valence-corrected chi connectivity index (χ3v) is 10.1. The molecule has 0 amide bonds. The van der Waals surface area contributed by atoms with E-state index in [9.17, 15) is 21.6 Å². The maximum atomic E-state index is 13.4. The van der Waals surface area contributed by atoms with Crippen molar-refractivity contribution in [3.63, 3.8) is 0 Å². The highest BCUT2D eigenvalue weighted by Gasteiger charge is 2.38. The van der Waals surface area contributed by atoms with Gasteiger partial charge in [0.05, 0.1) is 10.5 Å². The average Bonchev–Trinajstić information content (AvgIpc) is 2.84. The van der Waals surface area contributed by atoms with Crippen molar-refractivity contribution < 1.29 is 25.2 Å². The number of rotatable bonds is 6. The van der Waals surface area contributed by atoms with Crippen LogP contribution in [0.4, 0.5) is 13.2 Å². The van der Waals surface area contributed by atoms with Gasteiger partial charge in [0.1, 0.15) is 0 Å². The molecule has 0 bridgehead atoms. The van der Waals surface area contributed by atoms with E-state index in [0.717, 1.165) is 24.3 Å². The SMILES string of the molecule is O=S(=O)(OS(c1ccccc1)(c1ccccc1)c1ccccc1)c1ccc(C(F)(F)F)cc1. The monoisotopic (exact) mass is 488 g/mol. The molecule has 3 nitrogen and oxygen atoms in total. The lowest BCUT2D eigenvalue weighted by Gasteiger charge is -2.39. The summed E-state index contributed by atoms with van der Waals surface area (Å²) in [5.74, 6) is 0. The van der Waals surface area contributed by atoms with Crippen LogP contribution in [0.1, 0.15) is 5.56 Å². The number of hydrogen-bond donors (Lipinski definition) is 0. The third-order valence-electron chi connectivity index (χ3n) is 4.89. The van der Waals surface area contributed by atoms with E-state index in [4.69, 9.17) is 3.63 Å². The Morgan fingerprint density at radius 3 is 1.21 bits per heavy atom. The molecule has 0 aliphatic heterocycles. The Kier molecular flexibility index (Phi) is 6.34. The first-order chi connectivity index (χ1) is 15.7. The molecule has 170 valence electrons. The van der Waals surface area contributed by atoms with E-state index in [0.29, 0.717) is 14.7 Å². The third kappa shape index (κ3) is 4.68. The van der Waals surface area contributed by atoms with Crippen molar-refractivity contribution in [1.82, 2.24) is 0 Å². The summed E-state index contributed by atoms with van der Waals surface area (Å²) in [6.07, 6.45) is -4.57. The van der Waals surface area contributed by atoms with Crippen molar-refractivity contribution in [2.75, 3.05) is 0 Å². The van der Waals surface area contributed by atoms with Gasteiger partial charge in [0.15, 0.2) is 0 Å². The average molecular weight is 489 g/mol. The Morgan fingerprint density at radius 2 is 0.879 bits per heavy atom. The normalized spacial score (nSPS) is 12.9. The van der Waals surface area contributed by atoms with Crippen LogP contribution >= 0.6 is 10.3 Å². The molecule has 8 heteroatoms. The fraction of sp³-hybridized carbons (Fsp3) is 0.0400. The van der Waals surface area contributed by atoms with Crippen molar-refractivity contribution >= 4 is 20.4 Å². The van der Waals surface area contributed by atoms with Crippen molar-refractivity contribution in [2.24, 2.45) is 0 Å². The van der Waals surface area contributed by atoms with Gasteiger partial charge in [-0.15, -0.1) is 0 Å². The fourth-order valence-corrected chi connectivity index (χ4v) is 8.59. The zero-order chi connectivity index (χ0) is 23.5. The van der Waals surface area contributed by atoms with Gasteiger partial charge in [-0.2, -0.15) is 21.6 Å². The van der Waals surface area contributed by atoms with Crippen molar-refractivity contribution in [2.45, 2.75) is 25.8 Å². The number of halogens is 3. The molecule has 0 saturated carbocycles. The van der Waals surface area contributed by atoms with E-state index in [2.05, 4.69) is 0 Å². The van der Waals surface area contributed by atoms with Gasteiger partial charge < -0.3 is 0 Å². The molecular formula is C25H19F3O3S2. The first kappa shape index (κ1) is 23.1. The second kappa shape index (κ2) is 9.05. The van der Waals surface area contributed by atoms with Crippen LogP contribution in [0.5, 0.6) is 0 Å². The molecule has 4 aromatic carbocycles. The van der Waals surface area contributed by atoms with E-state index >= 15 is 0 Å². The van der Waals surface area contributed by atoms with Crippen LogP contribution < -0.4 is 0 Å². The van der Waals surface area contributed by atoms with Crippen molar-refractivity contribution in [3.05, 3.63) is 121 Å². The van der Waals surface area contributed by atoms with Gasteiger partial charge in [-0.25, -0.2) is 3.63 Å². The molecule has 0 atom stereocenters. The van der Waals surface area contributed by atoms with Gasteiger partial charge >= 0.3 is 16.3 Å². The predicted molar refractivity (Wildman–Crippen MR) is 121 cm³/mol. The Labute approximate surface area is 192 Å². The summed E-state index contributed by atoms with van der Waals surface area (Å²) in [6.45, 7) is 0. The van der Waals surface area contributed by atoms with Gasteiger partial charge in [-0.3, -0.25) is 0 Å². The standard InChI is InChI=1S/C25H19F3O3S2/c26-25(27,28)20-16-18-24(19-17-20)33(29,30)31-32(21-10-4-1-5-11-21,22-12-6-2-7-13-22)23-14-8-3-9-15-23/h1-19H. The van der Waals surface area contributed by atoms with Crippen LogP contribution in [0.3, 0.4) is 0 Å². The van der Waals surface area contributed by atoms with Gasteiger partial charge in [-0.05, 0) is 71.0 Å². The van der Waals surface area contributed by atoms with Crippen LogP contribution in [0.25, 0.3) is 0 Å². The molecule has 0 aliphatic rings. The predicted octanol–water partition coefficient (Wildman–Crippen LogP) is 7.31. The van der Waals surface area contributed by atoms with Gasteiger partial charge in [-0.1, -0.05) is 54.6 Å². The minimum atomic E-state index is -4.57. The van der Waals surface area contributed by atoms with Gasteiger partial charge in [0.2, 0.25) is 0 Å². The smallest absolute Gasteiger partial charge is 0.203 e. The van der Waals surface area contributed by atoms with E-state index in [1.54, 1.807) is 72.8 Å². The van der Waals surface area contributed by atoms with Crippen LogP contribution in [0.15, 0.2) is 135 Å². The molecule has 0 N–H and O–H groups in total. The van der Waals surface area contributed by atoms with Crippen molar-refractivity contribution in [1.29, 1.82) is 0 Å². The zero-order valence-corrected chi connectivity index (χ0v) is 18.8. The highest BCUT2D eigenvalue weighted by atomic mass is 32.3. The summed E-state index contributed by atoms with van der Waals surface area (Å²) >= 11 is 0. The molecule has 4 rings (SSSR count). The summed E-state index contributed by atoms with van der Waals surface area (Å²) in [5, 5.41) is 0. The molecule has 0 saturated heterocycles. The van der Waals surface area contributed by atoms with E-state index in [1.165, 1.54) is 0 Å². The number of alkyl halides is 3. The molecule has 0 heterocycles. The molecule has 0 fully saturated rings. The molecule has 0 unspecified atom stereocenters. The summed E-state index contributed by atoms with van der Waals surface area (Å²) in [6, 6.07) is 30.2. The first-order valence-corrected chi connectivity index (χ1v) is 12.8. The van der Waals surface area contributed by atoms with Gasteiger partial charge in [0, 0.05) is 14.7 Å². The molecule has 4 aromatic rings. The Bertz CT molecular complexity index is 1210. The summed E-state index contributed by atoms with van der Waals surface area (Å²) in [7, 11) is -7.24. The van der Waals surface area contributed by atoms with E-state index < -0.39 is 32.2 Å². The molecule has 33 heavy (non-hydrogen) atoms. The fourth-order valence-electron chi connectivity index (χ4n) is 3.35. The quantitative estimate of drug-likeness (QED) is 0.286. The Morgan fingerprint density at radius 1 is 0.515 bits per heavy atom. The lowest BCUT2D eigenvalue weighted by Crippen LogP contribution is -2.15. The Balaban J connectivity index is 1.92. The number of benzene rings is 4. The maximum Gasteiger partial charge on any atom is 0.416 e. The molecule has 0 aliphatic carbocycles. The van der Waals surface area contributed by atoms with Crippen LogP contribution in [-0.2, 0) is 19.9 Å². The maximum absolute atomic E-state index is 13.4. The summed E-state index contributed by atoms with van der Waals surface area (Å²) in [4.78, 5) is 1.56.